The predicted octanol–water partition coefficient (Wildman–Crippen LogP) is 3.85. The third kappa shape index (κ3) is 2.87. The van der Waals surface area contributed by atoms with Gasteiger partial charge in [-0.1, -0.05) is 53.7 Å². The fraction of sp³-hybridized carbons (Fsp3) is 0.0500. The first-order valence-corrected chi connectivity index (χ1v) is 7.91. The zero-order valence-corrected chi connectivity index (χ0v) is 13.6. The smallest absolute Gasteiger partial charge is 0.267 e. The second kappa shape index (κ2) is 6.20. The second-order valence-corrected chi connectivity index (χ2v) is 5.67. The van der Waals surface area contributed by atoms with E-state index >= 15 is 0 Å². The maximum Gasteiger partial charge on any atom is 0.267 e. The van der Waals surface area contributed by atoms with Gasteiger partial charge in [0.05, 0.1) is 10.9 Å². The van der Waals surface area contributed by atoms with Gasteiger partial charge in [0.15, 0.2) is 5.82 Å². The van der Waals surface area contributed by atoms with Crippen molar-refractivity contribution in [2.45, 2.75) is 6.92 Å². The molecular formula is C20H15N3O2. The molecule has 0 fully saturated rings. The highest BCUT2D eigenvalue weighted by atomic mass is 16.5. The third-order valence-electron chi connectivity index (χ3n) is 3.87. The van der Waals surface area contributed by atoms with Crippen LogP contribution >= 0.6 is 0 Å². The van der Waals surface area contributed by atoms with Gasteiger partial charge in [-0.3, -0.25) is 4.79 Å². The molecule has 0 saturated carbocycles. The highest BCUT2D eigenvalue weighted by Crippen LogP contribution is 2.15. The van der Waals surface area contributed by atoms with E-state index in [4.69, 9.17) is 4.52 Å². The predicted molar refractivity (Wildman–Crippen MR) is 97.5 cm³/mol. The number of aryl methyl sites for hydroxylation is 1. The number of rotatable bonds is 3. The molecule has 0 spiro atoms. The van der Waals surface area contributed by atoms with Crippen molar-refractivity contribution in [3.8, 4) is 5.82 Å². The van der Waals surface area contributed by atoms with Crippen LogP contribution in [0.25, 0.3) is 28.9 Å². The van der Waals surface area contributed by atoms with Gasteiger partial charge in [0.2, 0.25) is 0 Å². The molecule has 2 aromatic heterocycles. The molecule has 5 heteroatoms. The lowest BCUT2D eigenvalue weighted by Crippen LogP contribution is -2.22. The summed E-state index contributed by atoms with van der Waals surface area (Å²) in [5.74, 6) is 1.56. The van der Waals surface area contributed by atoms with Gasteiger partial charge in [-0.2, -0.15) is 0 Å². The van der Waals surface area contributed by atoms with Crippen LogP contribution in [0.1, 0.15) is 17.1 Å². The molecule has 0 aliphatic rings. The molecule has 2 heterocycles. The standard InChI is InChI=1S/C20H15N3O2/c1-14-13-19(22-25-14)23-18(12-11-15-7-3-2-4-8-15)21-17-10-6-5-9-16(17)20(23)24/h2-13H,1H3. The highest BCUT2D eigenvalue weighted by Gasteiger charge is 2.13. The lowest BCUT2D eigenvalue weighted by atomic mass is 10.2. The molecular weight excluding hydrogens is 314 g/mol. The molecule has 2 aromatic carbocycles. The average Bonchev–Trinajstić information content (AvgIpc) is 3.07. The monoisotopic (exact) mass is 329 g/mol. The Kier molecular flexibility index (Phi) is 3.74. The number of nitrogens with zero attached hydrogens (tertiary/aromatic N) is 3. The van der Waals surface area contributed by atoms with Gasteiger partial charge in [0, 0.05) is 6.07 Å². The van der Waals surface area contributed by atoms with E-state index in [0.717, 1.165) is 5.56 Å². The van der Waals surface area contributed by atoms with Crippen molar-refractivity contribution < 1.29 is 4.52 Å². The van der Waals surface area contributed by atoms with E-state index in [-0.39, 0.29) is 5.56 Å². The normalized spacial score (nSPS) is 11.4. The number of fused-ring (bicyclic) bond motifs is 1. The second-order valence-electron chi connectivity index (χ2n) is 5.67. The summed E-state index contributed by atoms with van der Waals surface area (Å²) in [6.45, 7) is 1.79. The summed E-state index contributed by atoms with van der Waals surface area (Å²) in [6.07, 6.45) is 3.73. The topological polar surface area (TPSA) is 60.9 Å². The van der Waals surface area contributed by atoms with E-state index in [9.17, 15) is 4.79 Å². The zero-order chi connectivity index (χ0) is 17.2. The van der Waals surface area contributed by atoms with Gasteiger partial charge in [0.25, 0.3) is 5.56 Å². The first-order chi connectivity index (χ1) is 12.2. The average molecular weight is 329 g/mol. The maximum atomic E-state index is 13.0. The molecule has 0 atom stereocenters. The van der Waals surface area contributed by atoms with Crippen LogP contribution in [-0.4, -0.2) is 14.7 Å². The van der Waals surface area contributed by atoms with Crippen molar-refractivity contribution in [2.24, 2.45) is 0 Å². The van der Waals surface area contributed by atoms with Crippen molar-refractivity contribution in [1.82, 2.24) is 14.7 Å². The van der Waals surface area contributed by atoms with E-state index in [1.807, 2.05) is 60.7 Å². The maximum absolute atomic E-state index is 13.0. The van der Waals surface area contributed by atoms with Crippen LogP contribution in [0.3, 0.4) is 0 Å². The van der Waals surface area contributed by atoms with Crippen LogP contribution < -0.4 is 5.56 Å². The molecule has 0 N–H and O–H groups in total. The summed E-state index contributed by atoms with van der Waals surface area (Å²) in [4.78, 5) is 17.6. The molecule has 4 rings (SSSR count). The summed E-state index contributed by atoms with van der Waals surface area (Å²) in [5, 5.41) is 4.53. The minimum Gasteiger partial charge on any atom is -0.360 e. The van der Waals surface area contributed by atoms with E-state index in [0.29, 0.717) is 28.3 Å². The molecule has 5 nitrogen and oxygen atoms in total. The van der Waals surface area contributed by atoms with Gasteiger partial charge < -0.3 is 4.52 Å². The number of para-hydroxylation sites is 1. The van der Waals surface area contributed by atoms with Crippen LogP contribution in [0.2, 0.25) is 0 Å². The van der Waals surface area contributed by atoms with Gasteiger partial charge in [-0.15, -0.1) is 0 Å². The van der Waals surface area contributed by atoms with Crippen LogP contribution in [0.5, 0.6) is 0 Å². The molecule has 25 heavy (non-hydrogen) atoms. The highest BCUT2D eigenvalue weighted by molar-refractivity contribution is 5.79. The van der Waals surface area contributed by atoms with Gasteiger partial charge in [0.1, 0.15) is 11.6 Å². The summed E-state index contributed by atoms with van der Waals surface area (Å²) in [7, 11) is 0. The van der Waals surface area contributed by atoms with Crippen molar-refractivity contribution in [3.63, 3.8) is 0 Å². The number of hydrogen-bond donors (Lipinski definition) is 0. The molecule has 0 radical (unpaired) electrons. The van der Waals surface area contributed by atoms with Gasteiger partial charge >= 0.3 is 0 Å². The first-order valence-electron chi connectivity index (χ1n) is 7.91. The molecule has 0 aliphatic carbocycles. The Bertz CT molecular complexity index is 1120. The Labute approximate surface area is 143 Å². The van der Waals surface area contributed by atoms with Crippen LogP contribution in [0.4, 0.5) is 0 Å². The van der Waals surface area contributed by atoms with Crippen molar-refractivity contribution in [1.29, 1.82) is 0 Å². The third-order valence-corrected chi connectivity index (χ3v) is 3.87. The Hall–Kier alpha value is -3.47. The van der Waals surface area contributed by atoms with E-state index in [1.54, 1.807) is 19.1 Å². The van der Waals surface area contributed by atoms with E-state index in [2.05, 4.69) is 10.1 Å². The van der Waals surface area contributed by atoms with Crippen LogP contribution in [0.15, 0.2) is 70.0 Å². The Morgan fingerprint density at radius 3 is 2.52 bits per heavy atom. The summed E-state index contributed by atoms with van der Waals surface area (Å²) >= 11 is 0. The fourth-order valence-electron chi connectivity index (χ4n) is 2.68. The Morgan fingerprint density at radius 1 is 1.00 bits per heavy atom. The molecule has 0 unspecified atom stereocenters. The van der Waals surface area contributed by atoms with Crippen LogP contribution in [0, 0.1) is 6.92 Å². The van der Waals surface area contributed by atoms with Crippen molar-refractivity contribution >= 4 is 23.1 Å². The van der Waals surface area contributed by atoms with Gasteiger partial charge in [-0.05, 0) is 30.7 Å². The van der Waals surface area contributed by atoms with Crippen molar-refractivity contribution in [3.05, 3.63) is 88.2 Å². The minimum atomic E-state index is -0.174. The lowest BCUT2D eigenvalue weighted by Gasteiger charge is -2.08. The molecule has 0 amide bonds. The van der Waals surface area contributed by atoms with E-state index in [1.165, 1.54) is 4.57 Å². The first kappa shape index (κ1) is 15.1. The largest absolute Gasteiger partial charge is 0.360 e. The Balaban J connectivity index is 1.95. The summed E-state index contributed by atoms with van der Waals surface area (Å²) in [6, 6.07) is 18.8. The summed E-state index contributed by atoms with van der Waals surface area (Å²) < 4.78 is 6.61. The summed E-state index contributed by atoms with van der Waals surface area (Å²) in [5.41, 5.74) is 1.50. The van der Waals surface area contributed by atoms with Crippen molar-refractivity contribution in [2.75, 3.05) is 0 Å². The number of hydrogen-bond acceptors (Lipinski definition) is 4. The van der Waals surface area contributed by atoms with Gasteiger partial charge in [-0.25, -0.2) is 9.55 Å². The molecule has 0 bridgehead atoms. The lowest BCUT2D eigenvalue weighted by molar-refractivity contribution is 0.394. The van der Waals surface area contributed by atoms with E-state index < -0.39 is 0 Å². The quantitative estimate of drug-likeness (QED) is 0.573. The fourth-order valence-corrected chi connectivity index (χ4v) is 2.68. The molecule has 0 saturated heterocycles. The SMILES string of the molecule is Cc1cc(-n2c(C=Cc3ccccc3)nc3ccccc3c2=O)no1. The number of aromatic nitrogens is 3. The zero-order valence-electron chi connectivity index (χ0n) is 13.6. The molecule has 122 valence electrons. The van der Waals surface area contributed by atoms with Crippen LogP contribution in [-0.2, 0) is 0 Å². The molecule has 0 aliphatic heterocycles. The Morgan fingerprint density at radius 2 is 1.76 bits per heavy atom. The minimum absolute atomic E-state index is 0.174. The molecule has 4 aromatic rings. The number of benzene rings is 2.